The number of unbranched alkanes of at least 4 members (excludes halogenated alkanes) is 8. The molecule has 0 aliphatic heterocycles. The molecule has 0 amide bonds. The molecule has 0 radical (unpaired) electrons. The van der Waals surface area contributed by atoms with E-state index in [9.17, 15) is 35.5 Å². The van der Waals surface area contributed by atoms with E-state index in [0.717, 1.165) is 57.8 Å². The molecule has 4 aromatic carbocycles. The van der Waals surface area contributed by atoms with Crippen LogP contribution >= 0.6 is 0 Å². The molecular weight excluding hydrogens is 795 g/mol. The molecule has 0 unspecified atom stereocenters. The van der Waals surface area contributed by atoms with E-state index in [2.05, 4.69) is 8.37 Å². The smallest absolute Gasteiger partial charge is 0.716 e. The molecule has 0 fully saturated rings. The van der Waals surface area contributed by atoms with Gasteiger partial charge in [-0.3, -0.25) is 18.7 Å². The fourth-order valence-electron chi connectivity index (χ4n) is 6.52. The second kappa shape index (κ2) is 21.0. The molecule has 14 nitrogen and oxygen atoms in total. The SMILES string of the molecule is O=c1c2ccccc2nc(-c2ccc(OS(=O)(=O)[O-])cc2)n1CCCCCCCCCCCn1c(-c2ccc(OS(=O)(=O)[O-])cc2)nc2ccccc2c1=O.[Na+].[Na+]. The van der Waals surface area contributed by atoms with Gasteiger partial charge in [0.2, 0.25) is 0 Å². The Morgan fingerprint density at radius 3 is 1.12 bits per heavy atom. The molecule has 0 spiro atoms. The summed E-state index contributed by atoms with van der Waals surface area (Å²) in [6, 6.07) is 25.8. The Balaban J connectivity index is 0.00000360. The fourth-order valence-corrected chi connectivity index (χ4v) is 7.22. The van der Waals surface area contributed by atoms with E-state index in [0.29, 0.717) is 57.7 Å². The third-order valence-electron chi connectivity index (χ3n) is 9.11. The summed E-state index contributed by atoms with van der Waals surface area (Å²) < 4.78 is 78.0. The van der Waals surface area contributed by atoms with Gasteiger partial charge in [0.1, 0.15) is 23.1 Å². The van der Waals surface area contributed by atoms with Gasteiger partial charge in [-0.25, -0.2) is 26.8 Å². The van der Waals surface area contributed by atoms with Gasteiger partial charge in [0, 0.05) is 24.2 Å². The largest absolute Gasteiger partial charge is 1.00 e. The third-order valence-corrected chi connectivity index (χ3v) is 9.90. The van der Waals surface area contributed by atoms with E-state index in [1.54, 1.807) is 81.9 Å². The van der Waals surface area contributed by atoms with Gasteiger partial charge in [0.05, 0.1) is 21.8 Å². The van der Waals surface area contributed by atoms with Crippen molar-refractivity contribution in [3.63, 3.8) is 0 Å². The first-order chi connectivity index (χ1) is 26.4. The number of rotatable bonds is 18. The normalized spacial score (nSPS) is 11.5. The van der Waals surface area contributed by atoms with Crippen LogP contribution in [-0.2, 0) is 33.9 Å². The van der Waals surface area contributed by atoms with E-state index in [4.69, 9.17) is 9.97 Å². The average molecular weight is 833 g/mol. The van der Waals surface area contributed by atoms with Crippen LogP contribution in [-0.4, -0.2) is 45.0 Å². The Bertz CT molecular complexity index is 2460. The molecule has 0 N–H and O–H groups in total. The summed E-state index contributed by atoms with van der Waals surface area (Å²) in [5, 5.41) is 1.00. The molecule has 6 aromatic rings. The van der Waals surface area contributed by atoms with Crippen LogP contribution in [0.5, 0.6) is 11.5 Å². The summed E-state index contributed by atoms with van der Waals surface area (Å²) in [6.45, 7) is 0.897. The van der Waals surface area contributed by atoms with Crippen molar-refractivity contribution in [2.24, 2.45) is 0 Å². The Morgan fingerprint density at radius 2 is 0.789 bits per heavy atom. The topological polar surface area (TPSA) is 203 Å². The first kappa shape index (κ1) is 46.3. The summed E-state index contributed by atoms with van der Waals surface area (Å²) in [7, 11) is -9.83. The number of benzene rings is 4. The first-order valence-electron chi connectivity index (χ1n) is 17.9. The van der Waals surface area contributed by atoms with Crippen LogP contribution in [0.25, 0.3) is 44.6 Å². The summed E-state index contributed by atoms with van der Waals surface area (Å²) in [4.78, 5) is 36.5. The average Bonchev–Trinajstić information content (AvgIpc) is 3.14. The van der Waals surface area contributed by atoms with Crippen molar-refractivity contribution in [3.05, 3.63) is 118 Å². The van der Waals surface area contributed by atoms with Crippen LogP contribution in [0.3, 0.4) is 0 Å². The number of nitrogens with zero attached hydrogens (tertiary/aromatic N) is 4. The molecule has 0 aliphatic rings. The van der Waals surface area contributed by atoms with Gasteiger partial charge in [-0.05, 0) is 85.6 Å². The monoisotopic (exact) mass is 832 g/mol. The van der Waals surface area contributed by atoms with Crippen molar-refractivity contribution >= 4 is 42.6 Å². The third kappa shape index (κ3) is 12.8. The zero-order valence-electron chi connectivity index (χ0n) is 31.7. The minimum absolute atomic E-state index is 0. The first-order valence-corrected chi connectivity index (χ1v) is 20.5. The van der Waals surface area contributed by atoms with Gasteiger partial charge >= 0.3 is 59.1 Å². The van der Waals surface area contributed by atoms with Crippen molar-refractivity contribution in [1.82, 2.24) is 19.1 Å². The number of para-hydroxylation sites is 2. The zero-order chi connectivity index (χ0) is 39.0. The maximum atomic E-state index is 13.5. The van der Waals surface area contributed by atoms with Crippen LogP contribution in [0.15, 0.2) is 107 Å². The van der Waals surface area contributed by atoms with Gasteiger partial charge < -0.3 is 17.5 Å². The van der Waals surface area contributed by atoms with Crippen molar-refractivity contribution in [2.75, 3.05) is 0 Å². The molecule has 2 heterocycles. The van der Waals surface area contributed by atoms with E-state index in [1.807, 2.05) is 0 Å². The Morgan fingerprint density at radius 1 is 0.474 bits per heavy atom. The van der Waals surface area contributed by atoms with Crippen molar-refractivity contribution < 1.29 is 93.4 Å². The second-order valence-electron chi connectivity index (χ2n) is 13.0. The number of aromatic nitrogens is 4. The molecule has 0 aliphatic carbocycles. The van der Waals surface area contributed by atoms with Crippen molar-refractivity contribution in [1.29, 1.82) is 0 Å². The fraction of sp³-hybridized carbons (Fsp3) is 0.282. The van der Waals surface area contributed by atoms with Crippen molar-refractivity contribution in [2.45, 2.75) is 70.9 Å². The summed E-state index contributed by atoms with van der Waals surface area (Å²) in [5.41, 5.74) is 1.91. The summed E-state index contributed by atoms with van der Waals surface area (Å²) >= 11 is 0. The molecule has 6 rings (SSSR count). The van der Waals surface area contributed by atoms with Crippen LogP contribution in [0.2, 0.25) is 0 Å². The molecule has 288 valence electrons. The minimum atomic E-state index is -4.92. The zero-order valence-corrected chi connectivity index (χ0v) is 37.3. The van der Waals surface area contributed by atoms with Gasteiger partial charge in [0.25, 0.3) is 31.9 Å². The quantitative estimate of drug-likeness (QED) is 0.0498. The molecular formula is C39H38N4Na2O10S2. The predicted octanol–water partition coefficient (Wildman–Crippen LogP) is 0.338. The maximum absolute atomic E-state index is 13.5. The van der Waals surface area contributed by atoms with E-state index < -0.39 is 20.8 Å². The summed E-state index contributed by atoms with van der Waals surface area (Å²) in [6.07, 6.45) is 8.44. The van der Waals surface area contributed by atoms with E-state index in [1.165, 1.54) is 24.3 Å². The van der Waals surface area contributed by atoms with Crippen LogP contribution in [0.1, 0.15) is 57.8 Å². The van der Waals surface area contributed by atoms with Crippen molar-refractivity contribution in [3.8, 4) is 34.3 Å². The van der Waals surface area contributed by atoms with Gasteiger partial charge in [0.15, 0.2) is 0 Å². The number of hydrogen-bond donors (Lipinski definition) is 0. The second-order valence-corrected chi connectivity index (χ2v) is 15.0. The number of hydrogen-bond acceptors (Lipinski definition) is 12. The molecule has 18 heteroatoms. The Labute approximate surface area is 374 Å². The number of fused-ring (bicyclic) bond motifs is 2. The molecule has 0 atom stereocenters. The van der Waals surface area contributed by atoms with Gasteiger partial charge in [-0.2, -0.15) is 0 Å². The molecule has 57 heavy (non-hydrogen) atoms. The standard InChI is InChI=1S/C39H40N4O10S2.2Na/c44-38-32-14-8-10-16-34(32)40-36(28-18-22-30(23-19-28)52-54(46,47)48)42(38)26-12-6-4-2-1-3-5-7-13-27-43-37(41-35-17-11-9-15-33(35)39(43)45)29-20-24-31(25-21-29)53-55(49,50)51;;/h8-11,14-25H,1-7,12-13,26-27H2,(H,46,47,48)(H,49,50,51);;/q;2*+1/p-2. The maximum Gasteiger partial charge on any atom is 1.00 e. The molecule has 2 aromatic heterocycles. The van der Waals surface area contributed by atoms with Gasteiger partial charge in [-0.1, -0.05) is 69.2 Å². The molecule has 0 saturated heterocycles. The Hall–Kier alpha value is -3.42. The van der Waals surface area contributed by atoms with Crippen LogP contribution in [0.4, 0.5) is 0 Å². The Kier molecular flexibility index (Phi) is 17.1. The van der Waals surface area contributed by atoms with Crippen LogP contribution in [0, 0.1) is 0 Å². The summed E-state index contributed by atoms with van der Waals surface area (Å²) in [5.74, 6) is 0.623. The van der Waals surface area contributed by atoms with E-state index >= 15 is 0 Å². The molecule has 0 saturated carbocycles. The predicted molar refractivity (Wildman–Crippen MR) is 205 cm³/mol. The van der Waals surface area contributed by atoms with E-state index in [-0.39, 0.29) is 81.7 Å². The minimum Gasteiger partial charge on any atom is -0.716 e. The molecule has 0 bridgehead atoms. The van der Waals surface area contributed by atoms with Gasteiger partial charge in [-0.15, -0.1) is 0 Å². The van der Waals surface area contributed by atoms with Crippen LogP contribution < -0.4 is 78.6 Å².